The lowest BCUT2D eigenvalue weighted by Crippen LogP contribution is -2.34. The van der Waals surface area contributed by atoms with Crippen LogP contribution >= 0.6 is 23.2 Å². The minimum atomic E-state index is -0.607. The summed E-state index contributed by atoms with van der Waals surface area (Å²) >= 11 is 11.9. The van der Waals surface area contributed by atoms with Crippen molar-refractivity contribution in [2.45, 2.75) is 12.5 Å². The fourth-order valence-corrected chi connectivity index (χ4v) is 2.72. The number of carbonyl (C=O) groups is 2. The lowest BCUT2D eigenvalue weighted by Gasteiger charge is -2.17. The minimum absolute atomic E-state index is 0.0900. The number of hydrogen-bond donors (Lipinski definition) is 1. The van der Waals surface area contributed by atoms with E-state index in [1.807, 2.05) is 0 Å². The van der Waals surface area contributed by atoms with Crippen LogP contribution in [-0.2, 0) is 9.59 Å². The van der Waals surface area contributed by atoms with E-state index in [1.165, 1.54) is 0 Å². The number of rotatable bonds is 3. The summed E-state index contributed by atoms with van der Waals surface area (Å²) < 4.78 is 0. The van der Waals surface area contributed by atoms with Crippen molar-refractivity contribution in [2.24, 2.45) is 0 Å². The zero-order valence-corrected chi connectivity index (χ0v) is 12.9. The fourth-order valence-electron chi connectivity index (χ4n) is 2.38. The number of halogens is 2. The number of imide groups is 1. The van der Waals surface area contributed by atoms with Gasteiger partial charge in [-0.2, -0.15) is 0 Å². The van der Waals surface area contributed by atoms with Crippen LogP contribution in [0.1, 0.15) is 6.42 Å². The number of benzene rings is 2. The molecule has 1 N–H and O–H groups in total. The van der Waals surface area contributed by atoms with Crippen molar-refractivity contribution in [3.63, 3.8) is 0 Å². The molecule has 1 atom stereocenters. The molecule has 0 aliphatic carbocycles. The highest BCUT2D eigenvalue weighted by atomic mass is 35.5. The maximum atomic E-state index is 12.5. The van der Waals surface area contributed by atoms with Crippen molar-refractivity contribution in [1.82, 2.24) is 0 Å². The molecule has 1 heterocycles. The topological polar surface area (TPSA) is 49.4 Å². The molecule has 6 heteroatoms. The van der Waals surface area contributed by atoms with E-state index < -0.39 is 6.04 Å². The molecule has 112 valence electrons. The van der Waals surface area contributed by atoms with Crippen molar-refractivity contribution < 1.29 is 9.59 Å². The third-order valence-electron chi connectivity index (χ3n) is 3.43. The van der Waals surface area contributed by atoms with Crippen LogP contribution in [0.5, 0.6) is 0 Å². The number of hydrogen-bond acceptors (Lipinski definition) is 3. The van der Waals surface area contributed by atoms with Gasteiger partial charge in [-0.05, 0) is 36.4 Å². The second-order valence-electron chi connectivity index (χ2n) is 4.93. The summed E-state index contributed by atoms with van der Waals surface area (Å²) in [4.78, 5) is 25.8. The lowest BCUT2D eigenvalue weighted by molar-refractivity contribution is -0.121. The van der Waals surface area contributed by atoms with E-state index in [9.17, 15) is 9.59 Å². The van der Waals surface area contributed by atoms with E-state index in [-0.39, 0.29) is 18.2 Å². The van der Waals surface area contributed by atoms with Gasteiger partial charge in [0.05, 0.1) is 17.1 Å². The van der Waals surface area contributed by atoms with Gasteiger partial charge in [-0.25, -0.2) is 4.90 Å². The Balaban J connectivity index is 1.82. The molecule has 0 bridgehead atoms. The molecule has 22 heavy (non-hydrogen) atoms. The molecule has 2 aromatic rings. The van der Waals surface area contributed by atoms with E-state index in [0.29, 0.717) is 15.7 Å². The van der Waals surface area contributed by atoms with Gasteiger partial charge in [-0.1, -0.05) is 35.3 Å². The quantitative estimate of drug-likeness (QED) is 0.870. The first-order valence-corrected chi connectivity index (χ1v) is 7.45. The number of carbonyl (C=O) groups excluding carboxylic acids is 2. The van der Waals surface area contributed by atoms with E-state index in [0.717, 1.165) is 10.6 Å². The maximum Gasteiger partial charge on any atom is 0.256 e. The van der Waals surface area contributed by atoms with Gasteiger partial charge in [0.1, 0.15) is 6.04 Å². The molecule has 4 nitrogen and oxygen atoms in total. The Labute approximate surface area is 137 Å². The Bertz CT molecular complexity index is 731. The van der Waals surface area contributed by atoms with Crippen LogP contribution in [0.25, 0.3) is 0 Å². The Morgan fingerprint density at radius 3 is 2.36 bits per heavy atom. The van der Waals surface area contributed by atoms with Crippen LogP contribution in [-0.4, -0.2) is 17.9 Å². The molecule has 1 aliphatic rings. The first-order chi connectivity index (χ1) is 10.6. The third kappa shape index (κ3) is 2.80. The van der Waals surface area contributed by atoms with Gasteiger partial charge in [-0.15, -0.1) is 0 Å². The Morgan fingerprint density at radius 2 is 1.68 bits per heavy atom. The molecule has 0 radical (unpaired) electrons. The number of para-hydroxylation sites is 1. The summed E-state index contributed by atoms with van der Waals surface area (Å²) in [6, 6.07) is 13.2. The van der Waals surface area contributed by atoms with Gasteiger partial charge >= 0.3 is 0 Å². The Kier molecular flexibility index (Phi) is 4.05. The summed E-state index contributed by atoms with van der Waals surface area (Å²) in [6.07, 6.45) is 0.0900. The molecule has 1 fully saturated rings. The van der Waals surface area contributed by atoms with E-state index >= 15 is 0 Å². The van der Waals surface area contributed by atoms with Crippen LogP contribution in [0.3, 0.4) is 0 Å². The molecule has 1 unspecified atom stereocenters. The summed E-state index contributed by atoms with van der Waals surface area (Å²) in [5.41, 5.74) is 1.15. The van der Waals surface area contributed by atoms with Gasteiger partial charge in [0, 0.05) is 10.7 Å². The molecule has 0 spiro atoms. The number of nitrogens with one attached hydrogen (secondary N) is 1. The number of anilines is 2. The second-order valence-corrected chi connectivity index (χ2v) is 5.77. The van der Waals surface area contributed by atoms with Gasteiger partial charge in [0.2, 0.25) is 5.91 Å². The fraction of sp³-hybridized carbons (Fsp3) is 0.125. The largest absolute Gasteiger partial charge is 0.373 e. The number of amides is 2. The van der Waals surface area contributed by atoms with Crippen LogP contribution < -0.4 is 10.2 Å². The monoisotopic (exact) mass is 334 g/mol. The summed E-state index contributed by atoms with van der Waals surface area (Å²) in [5, 5.41) is 4.03. The smallest absolute Gasteiger partial charge is 0.256 e. The summed E-state index contributed by atoms with van der Waals surface area (Å²) in [5.74, 6) is -0.586. The highest BCUT2D eigenvalue weighted by molar-refractivity contribution is 6.36. The van der Waals surface area contributed by atoms with Crippen molar-refractivity contribution in [3.05, 3.63) is 58.6 Å². The van der Waals surface area contributed by atoms with Crippen molar-refractivity contribution in [3.8, 4) is 0 Å². The first kappa shape index (κ1) is 14.9. The van der Waals surface area contributed by atoms with Gasteiger partial charge in [-0.3, -0.25) is 9.59 Å². The molecular weight excluding hydrogens is 323 g/mol. The molecule has 0 aromatic heterocycles. The lowest BCUT2D eigenvalue weighted by atomic mass is 10.2. The Hall–Kier alpha value is -2.04. The predicted octanol–water partition coefficient (Wildman–Crippen LogP) is 3.74. The van der Waals surface area contributed by atoms with Gasteiger partial charge in [0.15, 0.2) is 0 Å². The van der Waals surface area contributed by atoms with Crippen LogP contribution in [0.4, 0.5) is 11.4 Å². The molecule has 0 saturated carbocycles. The summed E-state index contributed by atoms with van der Waals surface area (Å²) in [6.45, 7) is 0. The molecule has 2 aromatic carbocycles. The average molecular weight is 335 g/mol. The predicted molar refractivity (Wildman–Crippen MR) is 87.4 cm³/mol. The minimum Gasteiger partial charge on any atom is -0.373 e. The standard InChI is InChI=1S/C16H12Cl2N2O2/c17-10-5-7-11(8-6-10)19-13-9-15(21)20(16(13)22)14-4-2-1-3-12(14)18/h1-8,13,19H,9H2. The van der Waals surface area contributed by atoms with Gasteiger partial charge < -0.3 is 5.32 Å². The maximum absolute atomic E-state index is 12.5. The third-order valence-corrected chi connectivity index (χ3v) is 4.00. The molecule has 1 aliphatic heterocycles. The molecule has 2 amide bonds. The average Bonchev–Trinajstić information content (AvgIpc) is 2.77. The molecule has 1 saturated heterocycles. The van der Waals surface area contributed by atoms with Gasteiger partial charge in [0.25, 0.3) is 5.91 Å². The Morgan fingerprint density at radius 1 is 1.00 bits per heavy atom. The second kappa shape index (κ2) is 5.99. The molecule has 3 rings (SSSR count). The normalized spacial score (nSPS) is 17.9. The van der Waals surface area contributed by atoms with Crippen LogP contribution in [0.2, 0.25) is 10.0 Å². The summed E-state index contributed by atoms with van der Waals surface area (Å²) in [7, 11) is 0. The van der Waals surface area contributed by atoms with E-state index in [1.54, 1.807) is 48.5 Å². The van der Waals surface area contributed by atoms with Crippen molar-refractivity contribution in [2.75, 3.05) is 10.2 Å². The van der Waals surface area contributed by atoms with Crippen molar-refractivity contribution >= 4 is 46.4 Å². The van der Waals surface area contributed by atoms with Crippen LogP contribution in [0.15, 0.2) is 48.5 Å². The number of nitrogens with zero attached hydrogens (tertiary/aromatic N) is 1. The zero-order valence-electron chi connectivity index (χ0n) is 11.4. The highest BCUT2D eigenvalue weighted by Crippen LogP contribution is 2.30. The van der Waals surface area contributed by atoms with Crippen molar-refractivity contribution in [1.29, 1.82) is 0 Å². The van der Waals surface area contributed by atoms with Crippen LogP contribution in [0, 0.1) is 0 Å². The SMILES string of the molecule is O=C1CC(Nc2ccc(Cl)cc2)C(=O)N1c1ccccc1Cl. The van der Waals surface area contributed by atoms with E-state index in [4.69, 9.17) is 23.2 Å². The first-order valence-electron chi connectivity index (χ1n) is 6.69. The van der Waals surface area contributed by atoms with E-state index in [2.05, 4.69) is 5.32 Å². The highest BCUT2D eigenvalue weighted by Gasteiger charge is 2.40. The molecular formula is C16H12Cl2N2O2. The zero-order chi connectivity index (χ0) is 15.7.